The standard InChI is InChI=1S/C15H19F3N4O/c1-10-9-20-14-12(19-7-6-15(16,17)18)8-13(21-22(10)14)23-11-4-2-3-5-11/h8-9,11,19H,2-7H2,1H3. The van der Waals surface area contributed by atoms with Crippen molar-refractivity contribution >= 4 is 11.3 Å². The van der Waals surface area contributed by atoms with Gasteiger partial charge < -0.3 is 10.1 Å². The van der Waals surface area contributed by atoms with E-state index in [2.05, 4.69) is 15.4 Å². The molecule has 1 N–H and O–H groups in total. The summed E-state index contributed by atoms with van der Waals surface area (Å²) in [5.74, 6) is 0.417. The predicted octanol–water partition coefficient (Wildman–Crippen LogP) is 3.72. The lowest BCUT2D eigenvalue weighted by Crippen LogP contribution is -2.16. The Kier molecular flexibility index (Phi) is 4.32. The number of imidazole rings is 1. The third kappa shape index (κ3) is 3.86. The third-order valence-electron chi connectivity index (χ3n) is 3.93. The van der Waals surface area contributed by atoms with Gasteiger partial charge in [-0.2, -0.15) is 13.2 Å². The normalized spacial score (nSPS) is 16.2. The van der Waals surface area contributed by atoms with Gasteiger partial charge in [-0.25, -0.2) is 9.50 Å². The first-order chi connectivity index (χ1) is 10.9. The van der Waals surface area contributed by atoms with Gasteiger partial charge in [0.2, 0.25) is 5.88 Å². The molecule has 0 saturated heterocycles. The molecule has 0 spiro atoms. The van der Waals surface area contributed by atoms with Gasteiger partial charge in [-0.3, -0.25) is 0 Å². The van der Waals surface area contributed by atoms with E-state index in [1.807, 2.05) is 6.92 Å². The highest BCUT2D eigenvalue weighted by Crippen LogP contribution is 2.27. The summed E-state index contributed by atoms with van der Waals surface area (Å²) in [6.45, 7) is 1.63. The molecule has 0 aromatic carbocycles. The second-order valence-electron chi connectivity index (χ2n) is 5.85. The van der Waals surface area contributed by atoms with E-state index >= 15 is 0 Å². The van der Waals surface area contributed by atoms with Crippen molar-refractivity contribution in [1.29, 1.82) is 0 Å². The fraction of sp³-hybridized carbons (Fsp3) is 0.600. The van der Waals surface area contributed by atoms with Crippen molar-refractivity contribution in [3.63, 3.8) is 0 Å². The minimum absolute atomic E-state index is 0.131. The number of fused-ring (bicyclic) bond motifs is 1. The molecule has 0 aliphatic heterocycles. The van der Waals surface area contributed by atoms with E-state index in [0.29, 0.717) is 17.2 Å². The van der Waals surface area contributed by atoms with Gasteiger partial charge in [0.25, 0.3) is 0 Å². The lowest BCUT2D eigenvalue weighted by Gasteiger charge is -2.15. The SMILES string of the molecule is Cc1cnc2c(NCCC(F)(F)F)cc(OC3CCCC3)nn12. The zero-order valence-corrected chi connectivity index (χ0v) is 12.9. The van der Waals surface area contributed by atoms with Crippen LogP contribution in [0.4, 0.5) is 18.9 Å². The van der Waals surface area contributed by atoms with Gasteiger partial charge in [0, 0.05) is 12.6 Å². The van der Waals surface area contributed by atoms with Crippen molar-refractivity contribution in [2.75, 3.05) is 11.9 Å². The maximum absolute atomic E-state index is 12.3. The molecule has 3 rings (SSSR count). The number of halogens is 3. The maximum Gasteiger partial charge on any atom is 0.390 e. The molecule has 0 unspecified atom stereocenters. The van der Waals surface area contributed by atoms with Crippen LogP contribution in [0.15, 0.2) is 12.3 Å². The molecule has 0 atom stereocenters. The number of ether oxygens (including phenoxy) is 1. The van der Waals surface area contributed by atoms with Crippen LogP contribution < -0.4 is 10.1 Å². The number of alkyl halides is 3. The van der Waals surface area contributed by atoms with Gasteiger partial charge in [-0.05, 0) is 32.6 Å². The molecule has 5 nitrogen and oxygen atoms in total. The van der Waals surface area contributed by atoms with Crippen molar-refractivity contribution in [2.24, 2.45) is 0 Å². The molecule has 0 bridgehead atoms. The van der Waals surface area contributed by atoms with Crippen molar-refractivity contribution in [3.8, 4) is 5.88 Å². The van der Waals surface area contributed by atoms with Crippen LogP contribution >= 0.6 is 0 Å². The predicted molar refractivity (Wildman–Crippen MR) is 79.8 cm³/mol. The number of nitrogens with zero attached hydrogens (tertiary/aromatic N) is 3. The highest BCUT2D eigenvalue weighted by Gasteiger charge is 2.26. The molecule has 23 heavy (non-hydrogen) atoms. The monoisotopic (exact) mass is 328 g/mol. The molecule has 1 fully saturated rings. The highest BCUT2D eigenvalue weighted by atomic mass is 19.4. The van der Waals surface area contributed by atoms with E-state index in [1.165, 1.54) is 0 Å². The molecule has 0 amide bonds. The number of nitrogens with one attached hydrogen (secondary N) is 1. The first kappa shape index (κ1) is 15.9. The molecule has 1 aliphatic carbocycles. The second-order valence-corrected chi connectivity index (χ2v) is 5.85. The molecular formula is C15H19F3N4O. The van der Waals surface area contributed by atoms with E-state index in [1.54, 1.807) is 16.8 Å². The van der Waals surface area contributed by atoms with Gasteiger partial charge in [0.15, 0.2) is 5.65 Å². The van der Waals surface area contributed by atoms with Crippen LogP contribution in [0.2, 0.25) is 0 Å². The fourth-order valence-electron chi connectivity index (χ4n) is 2.76. The molecule has 2 aromatic heterocycles. The summed E-state index contributed by atoms with van der Waals surface area (Å²) in [6.07, 6.45) is 0.911. The lowest BCUT2D eigenvalue weighted by atomic mass is 10.3. The van der Waals surface area contributed by atoms with E-state index in [4.69, 9.17) is 4.74 Å². The number of aromatic nitrogens is 3. The quantitative estimate of drug-likeness (QED) is 0.909. The fourth-order valence-corrected chi connectivity index (χ4v) is 2.76. The van der Waals surface area contributed by atoms with Crippen molar-refractivity contribution < 1.29 is 17.9 Å². The van der Waals surface area contributed by atoms with Gasteiger partial charge in [0.1, 0.15) is 6.10 Å². The third-order valence-corrected chi connectivity index (χ3v) is 3.93. The summed E-state index contributed by atoms with van der Waals surface area (Å²) < 4.78 is 44.5. The largest absolute Gasteiger partial charge is 0.473 e. The minimum Gasteiger partial charge on any atom is -0.473 e. The molecule has 126 valence electrons. The Bertz CT molecular complexity index is 677. The Balaban J connectivity index is 1.82. The first-order valence-electron chi connectivity index (χ1n) is 7.75. The van der Waals surface area contributed by atoms with Gasteiger partial charge in [0.05, 0.1) is 24.0 Å². The zero-order chi connectivity index (χ0) is 16.4. The summed E-state index contributed by atoms with van der Waals surface area (Å²) in [5, 5.41) is 7.18. The number of hydrogen-bond donors (Lipinski definition) is 1. The van der Waals surface area contributed by atoms with Crippen LogP contribution in [0.3, 0.4) is 0 Å². The molecule has 2 heterocycles. The summed E-state index contributed by atoms with van der Waals surface area (Å²) in [7, 11) is 0. The van der Waals surface area contributed by atoms with Crippen LogP contribution in [0.25, 0.3) is 5.65 Å². The average Bonchev–Trinajstić information content (AvgIpc) is 3.09. The number of aryl methyl sites for hydroxylation is 1. The van der Waals surface area contributed by atoms with E-state index < -0.39 is 12.6 Å². The van der Waals surface area contributed by atoms with Crippen molar-refractivity contribution in [1.82, 2.24) is 14.6 Å². The smallest absolute Gasteiger partial charge is 0.390 e. The maximum atomic E-state index is 12.3. The second kappa shape index (κ2) is 6.25. The van der Waals surface area contributed by atoms with Crippen LogP contribution in [-0.4, -0.2) is 33.4 Å². The topological polar surface area (TPSA) is 51.5 Å². The minimum atomic E-state index is -4.19. The Hall–Kier alpha value is -1.99. The zero-order valence-electron chi connectivity index (χ0n) is 12.9. The lowest BCUT2D eigenvalue weighted by molar-refractivity contribution is -0.131. The average molecular weight is 328 g/mol. The van der Waals surface area contributed by atoms with Gasteiger partial charge in [-0.1, -0.05) is 0 Å². The number of anilines is 1. The molecule has 8 heteroatoms. The van der Waals surface area contributed by atoms with E-state index in [0.717, 1.165) is 31.4 Å². The summed E-state index contributed by atoms with van der Waals surface area (Å²) in [5.41, 5.74) is 1.81. The molecule has 2 aromatic rings. The van der Waals surface area contributed by atoms with Gasteiger partial charge in [-0.15, -0.1) is 5.10 Å². The van der Waals surface area contributed by atoms with Crippen molar-refractivity contribution in [2.45, 2.75) is 51.3 Å². The molecule has 1 saturated carbocycles. The number of rotatable bonds is 5. The van der Waals surface area contributed by atoms with Crippen LogP contribution in [0.5, 0.6) is 5.88 Å². The van der Waals surface area contributed by atoms with E-state index in [9.17, 15) is 13.2 Å². The van der Waals surface area contributed by atoms with E-state index in [-0.39, 0.29) is 12.6 Å². The summed E-state index contributed by atoms with van der Waals surface area (Å²) in [4.78, 5) is 4.21. The van der Waals surface area contributed by atoms with Gasteiger partial charge >= 0.3 is 6.18 Å². The highest BCUT2D eigenvalue weighted by molar-refractivity contribution is 5.68. The van der Waals surface area contributed by atoms with Crippen LogP contribution in [0, 0.1) is 6.92 Å². The van der Waals surface area contributed by atoms with Crippen LogP contribution in [-0.2, 0) is 0 Å². The first-order valence-corrected chi connectivity index (χ1v) is 7.75. The number of hydrogen-bond acceptors (Lipinski definition) is 4. The molecular weight excluding hydrogens is 309 g/mol. The molecule has 0 radical (unpaired) electrons. The Labute approximate surface area is 131 Å². The summed E-state index contributed by atoms with van der Waals surface area (Å²) >= 11 is 0. The summed E-state index contributed by atoms with van der Waals surface area (Å²) in [6, 6.07) is 1.64. The Morgan fingerprint density at radius 2 is 2.09 bits per heavy atom. The Morgan fingerprint density at radius 1 is 1.35 bits per heavy atom. The Morgan fingerprint density at radius 3 is 2.78 bits per heavy atom. The van der Waals surface area contributed by atoms with Crippen molar-refractivity contribution in [3.05, 3.63) is 18.0 Å². The molecule has 1 aliphatic rings. The van der Waals surface area contributed by atoms with Crippen LogP contribution in [0.1, 0.15) is 37.8 Å².